The van der Waals surface area contributed by atoms with Gasteiger partial charge in [-0.1, -0.05) is 6.58 Å². The Morgan fingerprint density at radius 1 is 1.25 bits per heavy atom. The number of rotatable bonds is 2. The maximum absolute atomic E-state index is 11.5. The summed E-state index contributed by atoms with van der Waals surface area (Å²) < 4.78 is 0. The molecule has 0 bridgehead atoms. The lowest BCUT2D eigenvalue weighted by Gasteiger charge is -2.20. The SMILES string of the molecule is C=CC(=O)N1CCCN(C(=O)CC#N)CC1. The van der Waals surface area contributed by atoms with Crippen LogP contribution in [0.5, 0.6) is 0 Å². The van der Waals surface area contributed by atoms with Gasteiger partial charge < -0.3 is 9.80 Å². The van der Waals surface area contributed by atoms with Crippen molar-refractivity contribution in [2.75, 3.05) is 26.2 Å². The fraction of sp³-hybridized carbons (Fsp3) is 0.545. The maximum Gasteiger partial charge on any atom is 0.246 e. The number of hydrogen-bond acceptors (Lipinski definition) is 3. The lowest BCUT2D eigenvalue weighted by Crippen LogP contribution is -2.36. The zero-order valence-electron chi connectivity index (χ0n) is 9.19. The van der Waals surface area contributed by atoms with Gasteiger partial charge in [-0.2, -0.15) is 5.26 Å². The summed E-state index contributed by atoms with van der Waals surface area (Å²) >= 11 is 0. The molecule has 0 spiro atoms. The van der Waals surface area contributed by atoms with Crippen molar-refractivity contribution in [3.8, 4) is 6.07 Å². The van der Waals surface area contributed by atoms with Gasteiger partial charge in [0.15, 0.2) is 0 Å². The van der Waals surface area contributed by atoms with Gasteiger partial charge in [-0.15, -0.1) is 0 Å². The van der Waals surface area contributed by atoms with Gasteiger partial charge in [-0.05, 0) is 12.5 Å². The van der Waals surface area contributed by atoms with Crippen molar-refractivity contribution in [1.29, 1.82) is 5.26 Å². The highest BCUT2D eigenvalue weighted by Crippen LogP contribution is 2.05. The summed E-state index contributed by atoms with van der Waals surface area (Å²) in [6, 6.07) is 1.84. The molecule has 0 aromatic rings. The van der Waals surface area contributed by atoms with Crippen molar-refractivity contribution in [2.24, 2.45) is 0 Å². The molecule has 5 heteroatoms. The van der Waals surface area contributed by atoms with Crippen LogP contribution in [0.4, 0.5) is 0 Å². The van der Waals surface area contributed by atoms with E-state index in [0.29, 0.717) is 26.2 Å². The standard InChI is InChI=1S/C11H15N3O2/c1-2-10(15)13-6-3-7-14(9-8-13)11(16)4-5-12/h2H,1,3-4,6-9H2. The molecule has 0 aliphatic carbocycles. The van der Waals surface area contributed by atoms with Crippen molar-refractivity contribution in [1.82, 2.24) is 9.80 Å². The van der Waals surface area contributed by atoms with E-state index in [1.165, 1.54) is 6.08 Å². The number of hydrogen-bond donors (Lipinski definition) is 0. The molecule has 0 N–H and O–H groups in total. The smallest absolute Gasteiger partial charge is 0.246 e. The normalized spacial score (nSPS) is 16.2. The molecule has 0 aromatic heterocycles. The van der Waals surface area contributed by atoms with E-state index in [1.807, 2.05) is 6.07 Å². The molecule has 0 aromatic carbocycles. The Balaban J connectivity index is 2.52. The van der Waals surface area contributed by atoms with Crippen molar-refractivity contribution >= 4 is 11.8 Å². The van der Waals surface area contributed by atoms with Gasteiger partial charge in [0, 0.05) is 26.2 Å². The third-order valence-corrected chi connectivity index (χ3v) is 2.57. The van der Waals surface area contributed by atoms with Gasteiger partial charge in [-0.3, -0.25) is 9.59 Å². The van der Waals surface area contributed by atoms with E-state index in [1.54, 1.807) is 9.80 Å². The van der Waals surface area contributed by atoms with Crippen LogP contribution in [-0.4, -0.2) is 47.8 Å². The minimum Gasteiger partial charge on any atom is -0.340 e. The summed E-state index contributed by atoms with van der Waals surface area (Å²) in [6.45, 7) is 5.70. The summed E-state index contributed by atoms with van der Waals surface area (Å²) in [5, 5.41) is 8.44. The van der Waals surface area contributed by atoms with Gasteiger partial charge in [0.25, 0.3) is 0 Å². The highest BCUT2D eigenvalue weighted by Gasteiger charge is 2.20. The minimum absolute atomic E-state index is 0.0879. The molecule has 1 saturated heterocycles. The number of nitriles is 1. The van der Waals surface area contributed by atoms with Crippen LogP contribution in [0, 0.1) is 11.3 Å². The average Bonchev–Trinajstić information content (AvgIpc) is 2.53. The highest BCUT2D eigenvalue weighted by molar-refractivity contribution is 5.87. The summed E-state index contributed by atoms with van der Waals surface area (Å²) in [4.78, 5) is 26.2. The summed E-state index contributed by atoms with van der Waals surface area (Å²) in [5.74, 6) is -0.259. The van der Waals surface area contributed by atoms with E-state index in [4.69, 9.17) is 5.26 Å². The number of nitrogens with zero attached hydrogens (tertiary/aromatic N) is 3. The topological polar surface area (TPSA) is 64.4 Å². The number of carbonyl (C=O) groups excluding carboxylic acids is 2. The molecule has 1 aliphatic heterocycles. The van der Waals surface area contributed by atoms with Crippen molar-refractivity contribution < 1.29 is 9.59 Å². The van der Waals surface area contributed by atoms with E-state index in [9.17, 15) is 9.59 Å². The Kier molecular flexibility index (Phi) is 4.52. The van der Waals surface area contributed by atoms with Crippen LogP contribution >= 0.6 is 0 Å². The highest BCUT2D eigenvalue weighted by atomic mass is 16.2. The number of amides is 2. The van der Waals surface area contributed by atoms with Crippen molar-refractivity contribution in [3.05, 3.63) is 12.7 Å². The van der Waals surface area contributed by atoms with Crippen LogP contribution in [0.25, 0.3) is 0 Å². The van der Waals surface area contributed by atoms with E-state index in [0.717, 1.165) is 6.42 Å². The lowest BCUT2D eigenvalue weighted by atomic mass is 10.3. The second-order valence-electron chi connectivity index (χ2n) is 3.60. The quantitative estimate of drug-likeness (QED) is 0.623. The second-order valence-corrected chi connectivity index (χ2v) is 3.60. The third-order valence-electron chi connectivity index (χ3n) is 2.57. The van der Waals surface area contributed by atoms with Crippen LogP contribution < -0.4 is 0 Å². The molecule has 86 valence electrons. The molecule has 0 radical (unpaired) electrons. The first-order valence-electron chi connectivity index (χ1n) is 5.25. The monoisotopic (exact) mass is 221 g/mol. The van der Waals surface area contributed by atoms with Gasteiger partial charge in [0.05, 0.1) is 6.07 Å². The lowest BCUT2D eigenvalue weighted by molar-refractivity contribution is -0.131. The second kappa shape index (κ2) is 5.91. The van der Waals surface area contributed by atoms with Gasteiger partial charge in [0.2, 0.25) is 11.8 Å². The molecule has 16 heavy (non-hydrogen) atoms. The molecular weight excluding hydrogens is 206 g/mol. The molecule has 1 heterocycles. The third kappa shape index (κ3) is 3.09. The largest absolute Gasteiger partial charge is 0.340 e. The van der Waals surface area contributed by atoms with E-state index in [2.05, 4.69) is 6.58 Å². The van der Waals surface area contributed by atoms with Gasteiger partial charge in [0.1, 0.15) is 6.42 Å². The maximum atomic E-state index is 11.5. The molecule has 1 aliphatic rings. The van der Waals surface area contributed by atoms with Crippen LogP contribution in [0.2, 0.25) is 0 Å². The van der Waals surface area contributed by atoms with Crippen LogP contribution in [-0.2, 0) is 9.59 Å². The zero-order chi connectivity index (χ0) is 12.0. The summed E-state index contributed by atoms with van der Waals surface area (Å²) in [7, 11) is 0. The molecule has 0 atom stereocenters. The van der Waals surface area contributed by atoms with Crippen molar-refractivity contribution in [3.63, 3.8) is 0 Å². The minimum atomic E-state index is -0.157. The Hall–Kier alpha value is -1.83. The first-order chi connectivity index (χ1) is 7.69. The zero-order valence-corrected chi connectivity index (χ0v) is 9.19. The Morgan fingerprint density at radius 3 is 2.50 bits per heavy atom. The number of carbonyl (C=O) groups is 2. The molecule has 0 saturated carbocycles. The molecule has 2 amide bonds. The van der Waals surface area contributed by atoms with Crippen LogP contribution in [0.15, 0.2) is 12.7 Å². The Labute approximate surface area is 94.9 Å². The molecule has 5 nitrogen and oxygen atoms in total. The van der Waals surface area contributed by atoms with E-state index in [-0.39, 0.29) is 18.2 Å². The first-order valence-corrected chi connectivity index (χ1v) is 5.25. The summed E-state index contributed by atoms with van der Waals surface area (Å²) in [5.41, 5.74) is 0. The van der Waals surface area contributed by atoms with E-state index < -0.39 is 0 Å². The molecular formula is C11H15N3O2. The molecule has 1 fully saturated rings. The predicted octanol–water partition coefficient (Wildman–Crippen LogP) is 0.147. The van der Waals surface area contributed by atoms with Crippen molar-refractivity contribution in [2.45, 2.75) is 12.8 Å². The summed E-state index contributed by atoms with van der Waals surface area (Å²) in [6.07, 6.45) is 1.94. The first kappa shape index (κ1) is 12.2. The Morgan fingerprint density at radius 2 is 1.88 bits per heavy atom. The van der Waals surface area contributed by atoms with Gasteiger partial charge in [-0.25, -0.2) is 0 Å². The fourth-order valence-electron chi connectivity index (χ4n) is 1.70. The molecule has 0 unspecified atom stereocenters. The van der Waals surface area contributed by atoms with E-state index >= 15 is 0 Å². The molecule has 1 rings (SSSR count). The average molecular weight is 221 g/mol. The predicted molar refractivity (Wildman–Crippen MR) is 58.2 cm³/mol. The Bertz CT molecular complexity index is 333. The van der Waals surface area contributed by atoms with Crippen LogP contribution in [0.3, 0.4) is 0 Å². The van der Waals surface area contributed by atoms with Gasteiger partial charge >= 0.3 is 0 Å². The van der Waals surface area contributed by atoms with Crippen LogP contribution in [0.1, 0.15) is 12.8 Å². The fourth-order valence-corrected chi connectivity index (χ4v) is 1.70.